The molecule has 4 heteroatoms. The first-order valence-corrected chi connectivity index (χ1v) is 7.51. The van der Waals surface area contributed by atoms with Crippen LogP contribution in [0.4, 0.5) is 10.1 Å². The van der Waals surface area contributed by atoms with Gasteiger partial charge in [0.1, 0.15) is 0 Å². The van der Waals surface area contributed by atoms with Crippen molar-refractivity contribution in [3.63, 3.8) is 0 Å². The number of hydrogen-bond donors (Lipinski definition) is 2. The SMILES string of the molecule is CCOc1ccc(NCC2(O)CCCCCC2)cc1F. The van der Waals surface area contributed by atoms with Gasteiger partial charge in [0.25, 0.3) is 0 Å². The Labute approximate surface area is 120 Å². The highest BCUT2D eigenvalue weighted by Gasteiger charge is 2.27. The molecule has 1 aromatic carbocycles. The molecule has 0 atom stereocenters. The van der Waals surface area contributed by atoms with Crippen LogP contribution in [0.3, 0.4) is 0 Å². The Morgan fingerprint density at radius 3 is 2.55 bits per heavy atom. The molecule has 1 fully saturated rings. The van der Waals surface area contributed by atoms with Gasteiger partial charge in [-0.1, -0.05) is 25.7 Å². The molecule has 2 rings (SSSR count). The number of ether oxygens (including phenoxy) is 1. The van der Waals surface area contributed by atoms with E-state index in [0.29, 0.717) is 18.8 Å². The molecule has 0 unspecified atom stereocenters. The normalized spacial score (nSPS) is 18.4. The third kappa shape index (κ3) is 4.10. The fourth-order valence-electron chi connectivity index (χ4n) is 2.71. The number of hydrogen-bond acceptors (Lipinski definition) is 3. The van der Waals surface area contributed by atoms with Crippen molar-refractivity contribution in [2.45, 2.75) is 51.0 Å². The van der Waals surface area contributed by atoms with E-state index in [1.807, 2.05) is 6.92 Å². The summed E-state index contributed by atoms with van der Waals surface area (Å²) in [6.45, 7) is 2.75. The predicted octanol–water partition coefficient (Wildman–Crippen LogP) is 3.72. The second-order valence-corrected chi connectivity index (χ2v) is 5.57. The summed E-state index contributed by atoms with van der Waals surface area (Å²) in [6.07, 6.45) is 6.16. The second-order valence-electron chi connectivity index (χ2n) is 5.57. The van der Waals surface area contributed by atoms with Gasteiger partial charge in [0.2, 0.25) is 0 Å². The molecule has 0 spiro atoms. The minimum Gasteiger partial charge on any atom is -0.491 e. The standard InChI is InChI=1S/C16H24FNO2/c1-2-20-15-8-7-13(11-14(15)17)18-12-16(19)9-5-3-4-6-10-16/h7-8,11,18-19H,2-6,9-10,12H2,1H3. The van der Waals surface area contributed by atoms with Crippen LogP contribution in [0.2, 0.25) is 0 Å². The second kappa shape index (κ2) is 6.93. The maximum atomic E-state index is 13.7. The van der Waals surface area contributed by atoms with Crippen LogP contribution in [0.15, 0.2) is 18.2 Å². The molecule has 0 heterocycles. The smallest absolute Gasteiger partial charge is 0.167 e. The van der Waals surface area contributed by atoms with E-state index < -0.39 is 5.60 Å². The average Bonchev–Trinajstić information content (AvgIpc) is 2.65. The number of rotatable bonds is 5. The lowest BCUT2D eigenvalue weighted by atomic mass is 9.94. The zero-order chi connectivity index (χ0) is 14.4. The molecule has 0 saturated heterocycles. The fraction of sp³-hybridized carbons (Fsp3) is 0.625. The highest BCUT2D eigenvalue weighted by atomic mass is 19.1. The van der Waals surface area contributed by atoms with Crippen molar-refractivity contribution < 1.29 is 14.2 Å². The molecule has 0 aromatic heterocycles. The molecule has 20 heavy (non-hydrogen) atoms. The van der Waals surface area contributed by atoms with E-state index in [4.69, 9.17) is 4.74 Å². The highest BCUT2D eigenvalue weighted by molar-refractivity contribution is 5.47. The van der Waals surface area contributed by atoms with Crippen LogP contribution in [-0.4, -0.2) is 23.9 Å². The third-order valence-electron chi connectivity index (χ3n) is 3.89. The molecule has 1 aliphatic rings. The van der Waals surface area contributed by atoms with Gasteiger partial charge >= 0.3 is 0 Å². The highest BCUT2D eigenvalue weighted by Crippen LogP contribution is 2.28. The van der Waals surface area contributed by atoms with Crippen LogP contribution in [0.5, 0.6) is 5.75 Å². The quantitative estimate of drug-likeness (QED) is 0.808. The first-order chi connectivity index (χ1) is 9.63. The summed E-state index contributed by atoms with van der Waals surface area (Å²) in [5, 5.41) is 13.7. The summed E-state index contributed by atoms with van der Waals surface area (Å²) < 4.78 is 18.9. The van der Waals surface area contributed by atoms with E-state index in [2.05, 4.69) is 5.32 Å². The summed E-state index contributed by atoms with van der Waals surface area (Å²) in [7, 11) is 0. The number of aliphatic hydroxyl groups is 1. The number of halogens is 1. The summed E-state index contributed by atoms with van der Waals surface area (Å²) in [4.78, 5) is 0. The van der Waals surface area contributed by atoms with Crippen molar-refractivity contribution in [2.24, 2.45) is 0 Å². The van der Waals surface area contributed by atoms with Gasteiger partial charge in [-0.05, 0) is 31.9 Å². The van der Waals surface area contributed by atoms with Gasteiger partial charge in [0, 0.05) is 18.3 Å². The van der Waals surface area contributed by atoms with Crippen molar-refractivity contribution >= 4 is 5.69 Å². The summed E-state index contributed by atoms with van der Waals surface area (Å²) in [5.74, 6) is -0.101. The lowest BCUT2D eigenvalue weighted by Gasteiger charge is -2.27. The molecule has 0 aliphatic heterocycles. The van der Waals surface area contributed by atoms with Gasteiger partial charge in [0.15, 0.2) is 11.6 Å². The Kier molecular flexibility index (Phi) is 5.24. The summed E-state index contributed by atoms with van der Waals surface area (Å²) in [6, 6.07) is 4.83. The van der Waals surface area contributed by atoms with E-state index in [-0.39, 0.29) is 11.6 Å². The molecule has 0 amide bonds. The van der Waals surface area contributed by atoms with Gasteiger partial charge in [-0.3, -0.25) is 0 Å². The number of benzene rings is 1. The van der Waals surface area contributed by atoms with E-state index in [1.165, 1.54) is 18.9 Å². The lowest BCUT2D eigenvalue weighted by Crippen LogP contribution is -2.36. The Balaban J connectivity index is 1.94. The molecule has 3 nitrogen and oxygen atoms in total. The van der Waals surface area contributed by atoms with Crippen molar-refractivity contribution in [3.8, 4) is 5.75 Å². The van der Waals surface area contributed by atoms with E-state index in [1.54, 1.807) is 12.1 Å². The van der Waals surface area contributed by atoms with Crippen LogP contribution in [-0.2, 0) is 0 Å². The Bertz CT molecular complexity index is 428. The van der Waals surface area contributed by atoms with Crippen LogP contribution >= 0.6 is 0 Å². The predicted molar refractivity (Wildman–Crippen MR) is 78.7 cm³/mol. The minimum atomic E-state index is -0.661. The largest absolute Gasteiger partial charge is 0.491 e. The molecule has 1 aliphatic carbocycles. The fourth-order valence-corrected chi connectivity index (χ4v) is 2.71. The van der Waals surface area contributed by atoms with Gasteiger partial charge in [-0.2, -0.15) is 0 Å². The molecule has 0 radical (unpaired) electrons. The van der Waals surface area contributed by atoms with Crippen LogP contribution in [0.1, 0.15) is 45.4 Å². The Morgan fingerprint density at radius 1 is 1.25 bits per heavy atom. The number of nitrogens with one attached hydrogen (secondary N) is 1. The van der Waals surface area contributed by atoms with Crippen LogP contribution in [0, 0.1) is 5.82 Å². The zero-order valence-corrected chi connectivity index (χ0v) is 12.1. The van der Waals surface area contributed by atoms with Gasteiger partial charge in [-0.15, -0.1) is 0 Å². The molecular formula is C16H24FNO2. The van der Waals surface area contributed by atoms with Crippen molar-refractivity contribution in [2.75, 3.05) is 18.5 Å². The molecule has 0 bridgehead atoms. The molecule has 2 N–H and O–H groups in total. The van der Waals surface area contributed by atoms with Crippen LogP contribution < -0.4 is 10.1 Å². The van der Waals surface area contributed by atoms with Crippen molar-refractivity contribution in [3.05, 3.63) is 24.0 Å². The van der Waals surface area contributed by atoms with E-state index in [9.17, 15) is 9.50 Å². The van der Waals surface area contributed by atoms with Gasteiger partial charge in [0.05, 0.1) is 12.2 Å². The molecular weight excluding hydrogens is 257 g/mol. The van der Waals surface area contributed by atoms with Gasteiger partial charge < -0.3 is 15.2 Å². The zero-order valence-electron chi connectivity index (χ0n) is 12.1. The maximum absolute atomic E-state index is 13.7. The maximum Gasteiger partial charge on any atom is 0.167 e. The summed E-state index contributed by atoms with van der Waals surface area (Å²) in [5.41, 5.74) is 0.0228. The topological polar surface area (TPSA) is 41.5 Å². The van der Waals surface area contributed by atoms with Crippen LogP contribution in [0.25, 0.3) is 0 Å². The molecule has 1 aromatic rings. The Morgan fingerprint density at radius 2 is 1.95 bits per heavy atom. The first kappa shape index (κ1) is 15.1. The van der Waals surface area contributed by atoms with E-state index in [0.717, 1.165) is 25.7 Å². The molecule has 1 saturated carbocycles. The van der Waals surface area contributed by atoms with Crippen molar-refractivity contribution in [1.29, 1.82) is 0 Å². The molecule has 112 valence electrons. The van der Waals surface area contributed by atoms with Gasteiger partial charge in [-0.25, -0.2) is 4.39 Å². The van der Waals surface area contributed by atoms with Crippen molar-refractivity contribution in [1.82, 2.24) is 0 Å². The monoisotopic (exact) mass is 281 g/mol. The number of anilines is 1. The average molecular weight is 281 g/mol. The third-order valence-corrected chi connectivity index (χ3v) is 3.89. The van der Waals surface area contributed by atoms with E-state index >= 15 is 0 Å². The first-order valence-electron chi connectivity index (χ1n) is 7.51. The lowest BCUT2D eigenvalue weighted by molar-refractivity contribution is 0.0381. The minimum absolute atomic E-state index is 0.270. The summed E-state index contributed by atoms with van der Waals surface area (Å²) >= 11 is 0. The Hall–Kier alpha value is -1.29.